The Morgan fingerprint density at radius 3 is 2.41 bits per heavy atom. The molecule has 0 aliphatic heterocycles. The predicted octanol–water partition coefficient (Wildman–Crippen LogP) is 1.82. The number of anilines is 1. The highest BCUT2D eigenvalue weighted by Gasteiger charge is 2.18. The van der Waals surface area contributed by atoms with Crippen LogP contribution >= 0.6 is 12.4 Å². The Morgan fingerprint density at radius 2 is 1.70 bits per heavy atom. The van der Waals surface area contributed by atoms with Gasteiger partial charge in [0.1, 0.15) is 0 Å². The summed E-state index contributed by atoms with van der Waals surface area (Å²) in [4.78, 5) is 36.2. The molecule has 8 heteroatoms. The van der Waals surface area contributed by atoms with Crippen LogP contribution in [0.25, 0.3) is 0 Å². The van der Waals surface area contributed by atoms with E-state index in [4.69, 9.17) is 5.73 Å². The number of rotatable bonds is 8. The van der Waals surface area contributed by atoms with Gasteiger partial charge in [-0.2, -0.15) is 0 Å². The van der Waals surface area contributed by atoms with Gasteiger partial charge in [-0.1, -0.05) is 31.4 Å². The Labute approximate surface area is 166 Å². The molecule has 1 aromatic rings. The van der Waals surface area contributed by atoms with Crippen LogP contribution < -0.4 is 21.7 Å². The molecule has 1 saturated carbocycles. The van der Waals surface area contributed by atoms with Gasteiger partial charge in [0.15, 0.2) is 0 Å². The second-order valence-corrected chi connectivity index (χ2v) is 6.62. The zero-order valence-corrected chi connectivity index (χ0v) is 16.3. The van der Waals surface area contributed by atoms with E-state index in [0.717, 1.165) is 12.8 Å². The third kappa shape index (κ3) is 7.97. The molecule has 7 nitrogen and oxygen atoms in total. The van der Waals surface area contributed by atoms with Gasteiger partial charge < -0.3 is 21.7 Å². The van der Waals surface area contributed by atoms with E-state index in [1.807, 2.05) is 0 Å². The lowest BCUT2D eigenvalue weighted by molar-refractivity contribution is -0.125. The van der Waals surface area contributed by atoms with Crippen molar-refractivity contribution in [3.8, 4) is 0 Å². The highest BCUT2D eigenvalue weighted by Crippen LogP contribution is 2.26. The first-order valence-corrected chi connectivity index (χ1v) is 9.24. The van der Waals surface area contributed by atoms with Crippen LogP contribution in [-0.4, -0.2) is 37.4 Å². The maximum atomic E-state index is 12.1. The molecule has 0 aromatic heterocycles. The number of hydrogen-bond acceptors (Lipinski definition) is 4. The predicted molar refractivity (Wildman–Crippen MR) is 108 cm³/mol. The summed E-state index contributed by atoms with van der Waals surface area (Å²) in [6, 6.07) is 6.73. The normalized spacial score (nSPS) is 14.0. The molecule has 1 aromatic carbocycles. The molecule has 0 radical (unpaired) electrons. The number of benzene rings is 1. The van der Waals surface area contributed by atoms with Crippen molar-refractivity contribution in [2.24, 2.45) is 11.7 Å². The van der Waals surface area contributed by atoms with E-state index >= 15 is 0 Å². The number of amides is 3. The number of carbonyl (C=O) groups excluding carboxylic acids is 3. The van der Waals surface area contributed by atoms with Gasteiger partial charge in [-0.25, -0.2) is 0 Å². The average molecular weight is 397 g/mol. The Hall–Kier alpha value is -2.12. The van der Waals surface area contributed by atoms with Crippen LogP contribution in [0.1, 0.15) is 48.9 Å². The molecule has 150 valence electrons. The summed E-state index contributed by atoms with van der Waals surface area (Å²) in [7, 11) is 0. The Balaban J connectivity index is 0.00000364. The second kappa shape index (κ2) is 12.3. The van der Waals surface area contributed by atoms with Crippen LogP contribution in [0.5, 0.6) is 0 Å². The fourth-order valence-corrected chi connectivity index (χ4v) is 3.17. The molecule has 0 bridgehead atoms. The van der Waals surface area contributed by atoms with Gasteiger partial charge in [-0.15, -0.1) is 12.4 Å². The number of nitrogens with one attached hydrogen (secondary N) is 3. The van der Waals surface area contributed by atoms with Crippen LogP contribution in [0.15, 0.2) is 24.3 Å². The molecule has 5 N–H and O–H groups in total. The second-order valence-electron chi connectivity index (χ2n) is 6.62. The summed E-state index contributed by atoms with van der Waals surface area (Å²) in [6.07, 6.45) is 6.27. The molecular weight excluding hydrogens is 368 g/mol. The smallest absolute Gasteiger partial charge is 0.253 e. The molecule has 1 aliphatic rings. The molecule has 0 heterocycles. The highest BCUT2D eigenvalue weighted by atomic mass is 35.5. The van der Waals surface area contributed by atoms with Crippen molar-refractivity contribution >= 4 is 35.8 Å². The first kappa shape index (κ1) is 22.9. The third-order valence-electron chi connectivity index (χ3n) is 4.52. The summed E-state index contributed by atoms with van der Waals surface area (Å²) in [6.45, 7) is 0.593. The van der Waals surface area contributed by atoms with E-state index in [-0.39, 0.29) is 36.7 Å². The molecule has 3 amide bonds. The van der Waals surface area contributed by atoms with Gasteiger partial charge in [0.05, 0.1) is 17.8 Å². The molecule has 1 fully saturated rings. The first-order chi connectivity index (χ1) is 12.6. The van der Waals surface area contributed by atoms with E-state index in [1.54, 1.807) is 24.3 Å². The Morgan fingerprint density at radius 1 is 1.00 bits per heavy atom. The summed E-state index contributed by atoms with van der Waals surface area (Å²) in [5, 5.41) is 8.02. The largest absolute Gasteiger partial charge is 0.351 e. The van der Waals surface area contributed by atoms with Crippen molar-refractivity contribution in [3.63, 3.8) is 0 Å². The van der Waals surface area contributed by atoms with Crippen molar-refractivity contribution < 1.29 is 14.4 Å². The summed E-state index contributed by atoms with van der Waals surface area (Å²) < 4.78 is 0. The van der Waals surface area contributed by atoms with E-state index in [9.17, 15) is 14.4 Å². The minimum atomic E-state index is -0.360. The van der Waals surface area contributed by atoms with Crippen molar-refractivity contribution in [2.75, 3.05) is 25.0 Å². The lowest BCUT2D eigenvalue weighted by Gasteiger charge is -2.20. The highest BCUT2D eigenvalue weighted by molar-refractivity contribution is 6.04. The van der Waals surface area contributed by atoms with Crippen LogP contribution in [0, 0.1) is 5.92 Å². The number of para-hydroxylation sites is 1. The summed E-state index contributed by atoms with van der Waals surface area (Å²) in [5.74, 6) is -0.325. The number of halogens is 1. The zero-order chi connectivity index (χ0) is 18.8. The topological polar surface area (TPSA) is 113 Å². The maximum absolute atomic E-state index is 12.1. The average Bonchev–Trinajstić information content (AvgIpc) is 2.66. The van der Waals surface area contributed by atoms with Gasteiger partial charge in [-0.3, -0.25) is 14.4 Å². The molecule has 0 saturated heterocycles. The minimum Gasteiger partial charge on any atom is -0.351 e. The molecule has 0 unspecified atom stereocenters. The molecule has 0 atom stereocenters. The maximum Gasteiger partial charge on any atom is 0.253 e. The number of hydrogen-bond donors (Lipinski definition) is 4. The molecule has 0 spiro atoms. The van der Waals surface area contributed by atoms with Gasteiger partial charge in [0.2, 0.25) is 11.8 Å². The van der Waals surface area contributed by atoms with Gasteiger partial charge in [0, 0.05) is 19.5 Å². The van der Waals surface area contributed by atoms with Crippen molar-refractivity contribution in [1.82, 2.24) is 10.6 Å². The SMILES string of the molecule is Cl.NCCNC(=O)c1ccccc1NC(=O)CNC(=O)CC1CCCCC1. The van der Waals surface area contributed by atoms with Crippen molar-refractivity contribution in [3.05, 3.63) is 29.8 Å². The van der Waals surface area contributed by atoms with Crippen LogP contribution in [0.3, 0.4) is 0 Å². The Bertz CT molecular complexity index is 633. The van der Waals surface area contributed by atoms with E-state index < -0.39 is 0 Å². The zero-order valence-electron chi connectivity index (χ0n) is 15.5. The van der Waals surface area contributed by atoms with E-state index in [1.165, 1.54) is 19.3 Å². The first-order valence-electron chi connectivity index (χ1n) is 9.24. The molecule has 2 rings (SSSR count). The quantitative estimate of drug-likeness (QED) is 0.536. The number of carbonyl (C=O) groups is 3. The van der Waals surface area contributed by atoms with Gasteiger partial charge in [0.25, 0.3) is 5.91 Å². The number of nitrogens with two attached hydrogens (primary N) is 1. The fraction of sp³-hybridized carbons (Fsp3) is 0.526. The lowest BCUT2D eigenvalue weighted by atomic mass is 9.87. The van der Waals surface area contributed by atoms with Crippen molar-refractivity contribution in [1.29, 1.82) is 0 Å². The van der Waals surface area contributed by atoms with E-state index in [2.05, 4.69) is 16.0 Å². The summed E-state index contributed by atoms with van der Waals surface area (Å²) >= 11 is 0. The third-order valence-corrected chi connectivity index (χ3v) is 4.52. The van der Waals surface area contributed by atoms with Crippen molar-refractivity contribution in [2.45, 2.75) is 38.5 Å². The molecule has 27 heavy (non-hydrogen) atoms. The monoisotopic (exact) mass is 396 g/mol. The van der Waals surface area contributed by atoms with Crippen LogP contribution in [-0.2, 0) is 9.59 Å². The van der Waals surface area contributed by atoms with E-state index in [0.29, 0.717) is 36.7 Å². The van der Waals surface area contributed by atoms with Gasteiger partial charge >= 0.3 is 0 Å². The Kier molecular flexibility index (Phi) is 10.4. The minimum absolute atomic E-state index is 0. The molecule has 1 aliphatic carbocycles. The van der Waals surface area contributed by atoms with Crippen LogP contribution in [0.2, 0.25) is 0 Å². The summed E-state index contributed by atoms with van der Waals surface area (Å²) in [5.41, 5.74) is 6.16. The molecular formula is C19H29ClN4O3. The lowest BCUT2D eigenvalue weighted by Crippen LogP contribution is -2.35. The fourth-order valence-electron chi connectivity index (χ4n) is 3.17. The van der Waals surface area contributed by atoms with Gasteiger partial charge in [-0.05, 0) is 30.9 Å². The standard InChI is InChI=1S/C19H28N4O3.ClH/c20-10-11-21-19(26)15-8-4-5-9-16(15)23-18(25)13-22-17(24)12-14-6-2-1-3-7-14;/h4-5,8-9,14H,1-3,6-7,10-13,20H2,(H,21,26)(H,22,24)(H,23,25);1H. The van der Waals surface area contributed by atoms with Crippen LogP contribution in [0.4, 0.5) is 5.69 Å².